The van der Waals surface area contributed by atoms with Crippen LogP contribution in [0.5, 0.6) is 0 Å². The summed E-state index contributed by atoms with van der Waals surface area (Å²) in [7, 11) is 0. The zero-order valence-electron chi connectivity index (χ0n) is 9.60. The van der Waals surface area contributed by atoms with Gasteiger partial charge < -0.3 is 5.32 Å². The Kier molecular flexibility index (Phi) is 4.53. The van der Waals surface area contributed by atoms with Crippen LogP contribution in [-0.2, 0) is 0 Å². The number of rotatable bonds is 2. The highest BCUT2D eigenvalue weighted by atomic mass is 35.5. The first-order chi connectivity index (χ1) is 7.37. The van der Waals surface area contributed by atoms with Crippen LogP contribution < -0.4 is 16.2 Å². The average molecular weight is 258 g/mol. The van der Waals surface area contributed by atoms with Crippen LogP contribution in [-0.4, -0.2) is 10.7 Å². The molecule has 0 heterocycles. The maximum absolute atomic E-state index is 5.86. The van der Waals surface area contributed by atoms with Gasteiger partial charge >= 0.3 is 0 Å². The largest absolute Gasteiger partial charge is 0.332 e. The zero-order chi connectivity index (χ0) is 12.2. The first-order valence-corrected chi connectivity index (χ1v) is 5.75. The third-order valence-electron chi connectivity index (χ3n) is 1.63. The van der Waals surface area contributed by atoms with Crippen LogP contribution in [0.2, 0.25) is 5.02 Å². The standard InChI is InChI=1S/C11H16ClN3S/c1-11(2,3)15-14-10(16)13-9-6-4-5-8(12)7-9/h4-7,15H,1-3H3,(H2,13,14,16). The zero-order valence-corrected chi connectivity index (χ0v) is 11.2. The summed E-state index contributed by atoms with van der Waals surface area (Å²) in [5, 5.41) is 4.22. The smallest absolute Gasteiger partial charge is 0.185 e. The average Bonchev–Trinajstić information content (AvgIpc) is 2.14. The fraction of sp³-hybridized carbons (Fsp3) is 0.364. The molecule has 16 heavy (non-hydrogen) atoms. The Hall–Kier alpha value is -0.840. The molecular weight excluding hydrogens is 242 g/mol. The van der Waals surface area contributed by atoms with Gasteiger partial charge in [-0.3, -0.25) is 5.43 Å². The normalized spacial score (nSPS) is 11.0. The monoisotopic (exact) mass is 257 g/mol. The minimum absolute atomic E-state index is 0.0416. The van der Waals surface area contributed by atoms with Crippen molar-refractivity contribution in [2.24, 2.45) is 0 Å². The SMILES string of the molecule is CC(C)(C)NNC(=S)Nc1cccc(Cl)c1. The first-order valence-electron chi connectivity index (χ1n) is 4.96. The molecule has 0 saturated carbocycles. The van der Waals surface area contributed by atoms with Crippen molar-refractivity contribution in [3.63, 3.8) is 0 Å². The third-order valence-corrected chi connectivity index (χ3v) is 2.07. The Balaban J connectivity index is 2.46. The van der Waals surface area contributed by atoms with Crippen LogP contribution in [0.3, 0.4) is 0 Å². The number of anilines is 1. The summed E-state index contributed by atoms with van der Waals surface area (Å²) in [6, 6.07) is 7.39. The van der Waals surface area contributed by atoms with Gasteiger partial charge in [0.05, 0.1) is 0 Å². The number of nitrogens with one attached hydrogen (secondary N) is 3. The van der Waals surface area contributed by atoms with Crippen molar-refractivity contribution in [3.05, 3.63) is 29.3 Å². The molecule has 3 nitrogen and oxygen atoms in total. The summed E-state index contributed by atoms with van der Waals surface area (Å²) in [6.07, 6.45) is 0. The van der Waals surface area contributed by atoms with Crippen LogP contribution in [0.4, 0.5) is 5.69 Å². The Morgan fingerprint density at radius 3 is 2.56 bits per heavy atom. The lowest BCUT2D eigenvalue weighted by atomic mass is 10.1. The van der Waals surface area contributed by atoms with E-state index in [-0.39, 0.29) is 5.54 Å². The van der Waals surface area contributed by atoms with Gasteiger partial charge in [-0.25, -0.2) is 5.43 Å². The van der Waals surface area contributed by atoms with Gasteiger partial charge in [0, 0.05) is 16.2 Å². The maximum atomic E-state index is 5.86. The van der Waals surface area contributed by atoms with E-state index in [1.807, 2.05) is 45.0 Å². The van der Waals surface area contributed by atoms with E-state index < -0.39 is 0 Å². The van der Waals surface area contributed by atoms with E-state index in [1.165, 1.54) is 0 Å². The summed E-state index contributed by atoms with van der Waals surface area (Å²) >= 11 is 11.0. The molecule has 0 fully saturated rings. The van der Waals surface area contributed by atoms with Gasteiger partial charge in [-0.1, -0.05) is 17.7 Å². The van der Waals surface area contributed by atoms with Crippen molar-refractivity contribution in [3.8, 4) is 0 Å². The fourth-order valence-corrected chi connectivity index (χ4v) is 1.33. The van der Waals surface area contributed by atoms with Crippen molar-refractivity contribution in [1.82, 2.24) is 10.9 Å². The second-order valence-corrected chi connectivity index (χ2v) is 5.31. The molecule has 0 unspecified atom stereocenters. The van der Waals surface area contributed by atoms with E-state index in [2.05, 4.69) is 16.2 Å². The lowest BCUT2D eigenvalue weighted by Gasteiger charge is -2.22. The van der Waals surface area contributed by atoms with Gasteiger partial charge in [0.2, 0.25) is 0 Å². The number of thiocarbonyl (C=S) groups is 1. The van der Waals surface area contributed by atoms with E-state index in [1.54, 1.807) is 0 Å². The van der Waals surface area contributed by atoms with Crippen LogP contribution in [0.25, 0.3) is 0 Å². The highest BCUT2D eigenvalue weighted by molar-refractivity contribution is 7.80. The van der Waals surface area contributed by atoms with Gasteiger partial charge in [0.15, 0.2) is 5.11 Å². The van der Waals surface area contributed by atoms with Crippen LogP contribution in [0, 0.1) is 0 Å². The van der Waals surface area contributed by atoms with E-state index >= 15 is 0 Å². The van der Waals surface area contributed by atoms with Crippen molar-refractivity contribution < 1.29 is 0 Å². The summed E-state index contributed by atoms with van der Waals surface area (Å²) in [5.74, 6) is 0. The molecule has 0 amide bonds. The molecule has 0 bridgehead atoms. The summed E-state index contributed by atoms with van der Waals surface area (Å²) in [4.78, 5) is 0. The molecular formula is C11H16ClN3S. The summed E-state index contributed by atoms with van der Waals surface area (Å²) in [6.45, 7) is 6.13. The first kappa shape index (κ1) is 13.2. The second-order valence-electron chi connectivity index (χ2n) is 4.46. The molecule has 0 saturated heterocycles. The predicted octanol–water partition coefficient (Wildman–Crippen LogP) is 2.93. The number of hydrogen-bond donors (Lipinski definition) is 3. The lowest BCUT2D eigenvalue weighted by molar-refractivity contribution is 0.405. The van der Waals surface area contributed by atoms with Gasteiger partial charge in [-0.05, 0) is 51.2 Å². The molecule has 88 valence electrons. The lowest BCUT2D eigenvalue weighted by Crippen LogP contribution is -2.50. The van der Waals surface area contributed by atoms with Crippen molar-refractivity contribution in [1.29, 1.82) is 0 Å². The van der Waals surface area contributed by atoms with E-state index in [0.717, 1.165) is 5.69 Å². The Morgan fingerprint density at radius 1 is 1.31 bits per heavy atom. The van der Waals surface area contributed by atoms with Gasteiger partial charge in [0.25, 0.3) is 0 Å². The Bertz CT molecular complexity index is 374. The van der Waals surface area contributed by atoms with Crippen LogP contribution in [0.15, 0.2) is 24.3 Å². The molecule has 0 aliphatic heterocycles. The van der Waals surface area contributed by atoms with Crippen LogP contribution >= 0.6 is 23.8 Å². The third kappa shape index (κ3) is 5.30. The molecule has 1 aromatic carbocycles. The van der Waals surface area contributed by atoms with Crippen molar-refractivity contribution in [2.75, 3.05) is 5.32 Å². The maximum Gasteiger partial charge on any atom is 0.185 e. The molecule has 1 aromatic rings. The highest BCUT2D eigenvalue weighted by Crippen LogP contribution is 2.14. The second kappa shape index (κ2) is 5.48. The highest BCUT2D eigenvalue weighted by Gasteiger charge is 2.08. The molecule has 0 radical (unpaired) electrons. The van der Waals surface area contributed by atoms with Gasteiger partial charge in [-0.2, -0.15) is 0 Å². The molecule has 1 rings (SSSR count). The molecule has 0 atom stereocenters. The topological polar surface area (TPSA) is 36.1 Å². The van der Waals surface area contributed by atoms with Crippen molar-refractivity contribution >= 4 is 34.6 Å². The Labute approximate surface area is 107 Å². The Morgan fingerprint density at radius 2 is 2.00 bits per heavy atom. The molecule has 3 N–H and O–H groups in total. The van der Waals surface area contributed by atoms with Crippen molar-refractivity contribution in [2.45, 2.75) is 26.3 Å². The van der Waals surface area contributed by atoms with Gasteiger partial charge in [0.1, 0.15) is 0 Å². The predicted molar refractivity (Wildman–Crippen MR) is 73.7 cm³/mol. The summed E-state index contributed by atoms with van der Waals surface area (Å²) < 4.78 is 0. The molecule has 0 aliphatic rings. The van der Waals surface area contributed by atoms with Crippen LogP contribution in [0.1, 0.15) is 20.8 Å². The molecule has 0 spiro atoms. The van der Waals surface area contributed by atoms with E-state index in [9.17, 15) is 0 Å². The minimum Gasteiger partial charge on any atom is -0.332 e. The number of hydrogen-bond acceptors (Lipinski definition) is 2. The molecule has 0 aromatic heterocycles. The van der Waals surface area contributed by atoms with Gasteiger partial charge in [-0.15, -0.1) is 0 Å². The molecule has 5 heteroatoms. The fourth-order valence-electron chi connectivity index (χ4n) is 0.973. The number of halogens is 1. The number of benzene rings is 1. The summed E-state index contributed by atoms with van der Waals surface area (Å²) in [5.41, 5.74) is 6.81. The minimum atomic E-state index is -0.0416. The van der Waals surface area contributed by atoms with E-state index in [0.29, 0.717) is 10.1 Å². The quantitative estimate of drug-likeness (QED) is 0.563. The van der Waals surface area contributed by atoms with E-state index in [4.69, 9.17) is 23.8 Å². The molecule has 0 aliphatic carbocycles. The number of hydrazine groups is 1.